The van der Waals surface area contributed by atoms with Crippen molar-refractivity contribution in [2.45, 2.75) is 63.5 Å². The Balaban J connectivity index is 1.39. The molecule has 1 atom stereocenters. The van der Waals surface area contributed by atoms with Gasteiger partial charge in [-0.25, -0.2) is 13.6 Å². The molecule has 2 heterocycles. The van der Waals surface area contributed by atoms with E-state index in [2.05, 4.69) is 5.32 Å². The molecule has 2 aliphatic heterocycles. The van der Waals surface area contributed by atoms with Gasteiger partial charge in [-0.2, -0.15) is 26.3 Å². The van der Waals surface area contributed by atoms with E-state index in [9.17, 15) is 49.8 Å². The van der Waals surface area contributed by atoms with Crippen LogP contribution in [0.1, 0.15) is 36.8 Å². The lowest BCUT2D eigenvalue weighted by Crippen LogP contribution is -2.59. The van der Waals surface area contributed by atoms with Crippen LogP contribution in [-0.2, 0) is 22.6 Å². The van der Waals surface area contributed by atoms with E-state index in [1.165, 1.54) is 7.11 Å². The molecule has 0 spiro atoms. The van der Waals surface area contributed by atoms with E-state index in [-0.39, 0.29) is 19.3 Å². The summed E-state index contributed by atoms with van der Waals surface area (Å²) in [4.78, 5) is 28.8. The molecule has 0 saturated carbocycles. The maximum absolute atomic E-state index is 14.4. The Hall–Kier alpha value is -3.98. The number of halogens is 8. The minimum absolute atomic E-state index is 0.0213. The summed E-state index contributed by atoms with van der Waals surface area (Å²) in [6.07, 6.45) is -13.9. The largest absolute Gasteiger partial charge is 0.496 e. The third-order valence-corrected chi connectivity index (χ3v) is 10.1. The van der Waals surface area contributed by atoms with Crippen LogP contribution >= 0.6 is 0 Å². The van der Waals surface area contributed by atoms with Crippen molar-refractivity contribution in [2.75, 3.05) is 39.8 Å². The lowest BCUT2D eigenvalue weighted by molar-refractivity contribution is -0.233. The SMILES string of the molecule is COc1ccc(CN2CCC(C(F)(F)F)CC2)cc1-c1cccc2c(C[C@H](NC(=O)C3(C(F)(F)F)CCN(CC(F)F)CC3)C(=O)O)cccc12. The molecule has 2 aliphatic rings. The van der Waals surface area contributed by atoms with E-state index < -0.39 is 80.5 Å². The number of nitrogens with zero attached hydrogens (tertiary/aromatic N) is 2. The van der Waals surface area contributed by atoms with Gasteiger partial charge < -0.3 is 15.2 Å². The molecule has 5 rings (SSSR count). The van der Waals surface area contributed by atoms with Gasteiger partial charge in [0, 0.05) is 18.5 Å². The summed E-state index contributed by atoms with van der Waals surface area (Å²) in [5.74, 6) is -3.86. The van der Waals surface area contributed by atoms with Crippen molar-refractivity contribution in [2.24, 2.45) is 11.3 Å². The Morgan fingerprint density at radius 2 is 1.55 bits per heavy atom. The lowest BCUT2D eigenvalue weighted by Gasteiger charge is -2.41. The van der Waals surface area contributed by atoms with Gasteiger partial charge in [0.25, 0.3) is 6.43 Å². The molecule has 7 nitrogen and oxygen atoms in total. The monoisotopic (exact) mass is 729 g/mol. The maximum atomic E-state index is 14.4. The highest BCUT2D eigenvalue weighted by Crippen LogP contribution is 2.47. The first-order valence-electron chi connectivity index (χ1n) is 16.6. The average Bonchev–Trinajstić information content (AvgIpc) is 3.07. The summed E-state index contributed by atoms with van der Waals surface area (Å²) >= 11 is 0. The first-order valence-corrected chi connectivity index (χ1v) is 16.6. The van der Waals surface area contributed by atoms with Crippen LogP contribution in [0.3, 0.4) is 0 Å². The molecule has 2 fully saturated rings. The van der Waals surface area contributed by atoms with Crippen LogP contribution in [0.4, 0.5) is 35.1 Å². The summed E-state index contributed by atoms with van der Waals surface area (Å²) in [6, 6.07) is 14.1. The molecule has 2 N–H and O–H groups in total. The number of rotatable bonds is 11. The molecule has 0 radical (unpaired) electrons. The van der Waals surface area contributed by atoms with E-state index in [1.807, 2.05) is 23.1 Å². The minimum Gasteiger partial charge on any atom is -0.496 e. The first-order chi connectivity index (χ1) is 24.0. The summed E-state index contributed by atoms with van der Waals surface area (Å²) in [5, 5.41) is 13.4. The number of carbonyl (C=O) groups excluding carboxylic acids is 1. The van der Waals surface area contributed by atoms with Crippen LogP contribution in [0.2, 0.25) is 0 Å². The number of aliphatic carboxylic acids is 1. The fourth-order valence-electron chi connectivity index (χ4n) is 7.20. The zero-order chi connectivity index (χ0) is 37.1. The van der Waals surface area contributed by atoms with Crippen molar-refractivity contribution in [1.82, 2.24) is 15.1 Å². The topological polar surface area (TPSA) is 82.1 Å². The number of fused-ring (bicyclic) bond motifs is 1. The van der Waals surface area contributed by atoms with Crippen LogP contribution in [0.25, 0.3) is 21.9 Å². The van der Waals surface area contributed by atoms with Crippen molar-refractivity contribution in [3.63, 3.8) is 0 Å². The van der Waals surface area contributed by atoms with Gasteiger partial charge in [-0.15, -0.1) is 0 Å². The van der Waals surface area contributed by atoms with Crippen LogP contribution < -0.4 is 10.1 Å². The molecule has 0 aromatic heterocycles. The summed E-state index contributed by atoms with van der Waals surface area (Å²) in [7, 11) is 1.49. The second kappa shape index (κ2) is 15.3. The third kappa shape index (κ3) is 8.57. The van der Waals surface area contributed by atoms with Gasteiger partial charge in [-0.1, -0.05) is 42.5 Å². The number of amides is 1. The number of benzene rings is 3. The van der Waals surface area contributed by atoms with Gasteiger partial charge in [0.2, 0.25) is 5.91 Å². The fraction of sp³-hybridized carbons (Fsp3) is 0.500. The molecular weight excluding hydrogens is 690 g/mol. The van der Waals surface area contributed by atoms with Crippen molar-refractivity contribution in [1.29, 1.82) is 0 Å². The molecule has 0 aliphatic carbocycles. The molecule has 15 heteroatoms. The van der Waals surface area contributed by atoms with Crippen molar-refractivity contribution >= 4 is 22.6 Å². The normalized spacial score (nSPS) is 18.5. The van der Waals surface area contributed by atoms with Crippen molar-refractivity contribution < 1.29 is 54.6 Å². The van der Waals surface area contributed by atoms with Crippen molar-refractivity contribution in [3.05, 3.63) is 65.7 Å². The molecule has 0 bridgehead atoms. The van der Waals surface area contributed by atoms with E-state index in [1.54, 1.807) is 36.4 Å². The predicted molar refractivity (Wildman–Crippen MR) is 173 cm³/mol. The molecule has 3 aromatic carbocycles. The Morgan fingerprint density at radius 1 is 0.902 bits per heavy atom. The standard InChI is InChI=1S/C36H39F8N3O4/c1-51-30-9-8-22(20-46-14-10-24(11-15-46)35(39,40)41)18-28(30)27-7-3-5-25-23(4-2-6-26(25)27)19-29(32(48)49)45-33(50)34(36(42,43)44)12-16-47(17-13-34)21-31(37)38/h2-9,18,24,29,31H,10-17,19-21H2,1H3,(H,45,50)(H,48,49)/t29-/m0/s1. The van der Waals surface area contributed by atoms with Gasteiger partial charge in [0.1, 0.15) is 17.2 Å². The Kier molecular flexibility index (Phi) is 11.5. The summed E-state index contributed by atoms with van der Waals surface area (Å²) < 4.78 is 114. The Labute approximate surface area is 289 Å². The summed E-state index contributed by atoms with van der Waals surface area (Å²) in [6.45, 7) is -0.514. The zero-order valence-electron chi connectivity index (χ0n) is 27.8. The zero-order valence-corrected chi connectivity index (χ0v) is 27.8. The number of hydrogen-bond acceptors (Lipinski definition) is 5. The molecule has 1 amide bonds. The average molecular weight is 730 g/mol. The van der Waals surface area contributed by atoms with Gasteiger partial charge in [-0.3, -0.25) is 14.6 Å². The fourth-order valence-corrected chi connectivity index (χ4v) is 7.20. The lowest BCUT2D eigenvalue weighted by atomic mass is 9.76. The minimum atomic E-state index is -5.04. The number of piperidine rings is 2. The number of carbonyl (C=O) groups is 2. The second-order valence-corrected chi connectivity index (χ2v) is 13.3. The predicted octanol–water partition coefficient (Wildman–Crippen LogP) is 7.31. The van der Waals surface area contributed by atoms with E-state index in [0.29, 0.717) is 52.8 Å². The Bertz CT molecular complexity index is 1700. The van der Waals surface area contributed by atoms with Gasteiger partial charge in [0.15, 0.2) is 0 Å². The first kappa shape index (κ1) is 38.3. The van der Waals surface area contributed by atoms with E-state index >= 15 is 0 Å². The quantitative estimate of drug-likeness (QED) is 0.202. The number of alkyl halides is 8. The number of methoxy groups -OCH3 is 1. The highest BCUT2D eigenvalue weighted by Gasteiger charge is 2.61. The van der Waals surface area contributed by atoms with E-state index in [4.69, 9.17) is 4.74 Å². The molecule has 2 saturated heterocycles. The van der Waals surface area contributed by atoms with Crippen molar-refractivity contribution in [3.8, 4) is 16.9 Å². The molecule has 278 valence electrons. The van der Waals surface area contributed by atoms with Crippen LogP contribution in [0.15, 0.2) is 54.6 Å². The number of carboxylic acid groups (broad SMARTS) is 1. The van der Waals surface area contributed by atoms with Crippen LogP contribution in [-0.4, -0.2) is 91.4 Å². The molecule has 0 unspecified atom stereocenters. The number of ether oxygens (including phenoxy) is 1. The third-order valence-electron chi connectivity index (χ3n) is 10.1. The summed E-state index contributed by atoms with van der Waals surface area (Å²) in [5.41, 5.74) is -0.266. The van der Waals surface area contributed by atoms with Gasteiger partial charge in [-0.05, 0) is 91.5 Å². The smallest absolute Gasteiger partial charge is 0.403 e. The number of carboxylic acids is 1. The second-order valence-electron chi connectivity index (χ2n) is 13.3. The van der Waals surface area contributed by atoms with E-state index in [0.717, 1.165) is 10.5 Å². The van der Waals surface area contributed by atoms with Crippen LogP contribution in [0.5, 0.6) is 5.75 Å². The Morgan fingerprint density at radius 3 is 2.14 bits per heavy atom. The maximum Gasteiger partial charge on any atom is 0.403 e. The highest BCUT2D eigenvalue weighted by molar-refractivity contribution is 6.00. The number of likely N-dealkylation sites (tertiary alicyclic amines) is 2. The van der Waals surface area contributed by atoms with Crippen LogP contribution in [0, 0.1) is 11.3 Å². The molecular formula is C36H39F8N3O4. The molecule has 51 heavy (non-hydrogen) atoms. The highest BCUT2D eigenvalue weighted by atomic mass is 19.4. The molecule has 3 aromatic rings. The van der Waals surface area contributed by atoms with Gasteiger partial charge >= 0.3 is 18.3 Å². The number of nitrogens with one attached hydrogen (secondary N) is 1. The number of hydrogen-bond donors (Lipinski definition) is 2. The van der Waals surface area contributed by atoms with Gasteiger partial charge in [0.05, 0.1) is 19.6 Å².